The van der Waals surface area contributed by atoms with Crippen molar-refractivity contribution in [1.29, 1.82) is 0 Å². The number of hydrogen-bond donors (Lipinski definition) is 2. The second kappa shape index (κ2) is 6.45. The molecule has 0 saturated heterocycles. The van der Waals surface area contributed by atoms with E-state index in [9.17, 15) is 0 Å². The summed E-state index contributed by atoms with van der Waals surface area (Å²) in [6.45, 7) is 2.40. The second-order valence-corrected chi connectivity index (χ2v) is 5.47. The number of aromatic nitrogens is 3. The van der Waals surface area contributed by atoms with Crippen molar-refractivity contribution < 1.29 is 0 Å². The number of rotatable bonds is 5. The highest BCUT2D eigenvalue weighted by atomic mass is 32.1. The summed E-state index contributed by atoms with van der Waals surface area (Å²) in [6, 6.07) is 4.05. The Morgan fingerprint density at radius 1 is 1.29 bits per heavy atom. The first-order valence-corrected chi connectivity index (χ1v) is 7.69. The molecule has 3 heterocycles. The van der Waals surface area contributed by atoms with E-state index in [1.54, 1.807) is 18.4 Å². The Kier molecular flexibility index (Phi) is 4.20. The Morgan fingerprint density at radius 3 is 2.90 bits per heavy atom. The van der Waals surface area contributed by atoms with Crippen LogP contribution in [0.5, 0.6) is 0 Å². The molecule has 21 heavy (non-hydrogen) atoms. The van der Waals surface area contributed by atoms with Crippen LogP contribution in [-0.2, 0) is 13.1 Å². The molecule has 0 amide bonds. The molecule has 0 bridgehead atoms. The SMILES string of the molecule is CN=C(NCCn1cccc1)NCc1cn2ccsc2n1. The molecule has 0 saturated carbocycles. The van der Waals surface area contributed by atoms with Gasteiger partial charge in [0.1, 0.15) is 0 Å². The van der Waals surface area contributed by atoms with E-state index in [-0.39, 0.29) is 0 Å². The van der Waals surface area contributed by atoms with Crippen LogP contribution in [0.15, 0.2) is 47.3 Å². The molecule has 0 aliphatic carbocycles. The van der Waals surface area contributed by atoms with Crippen molar-refractivity contribution in [3.63, 3.8) is 0 Å². The minimum Gasteiger partial charge on any atom is -0.355 e. The van der Waals surface area contributed by atoms with E-state index in [4.69, 9.17) is 0 Å². The van der Waals surface area contributed by atoms with Crippen molar-refractivity contribution in [2.45, 2.75) is 13.1 Å². The molecule has 0 fully saturated rings. The van der Waals surface area contributed by atoms with E-state index in [1.807, 2.05) is 34.3 Å². The Morgan fingerprint density at radius 2 is 2.14 bits per heavy atom. The van der Waals surface area contributed by atoms with Gasteiger partial charge in [0.15, 0.2) is 10.9 Å². The number of aliphatic imine (C=N–C) groups is 1. The zero-order valence-electron chi connectivity index (χ0n) is 11.9. The van der Waals surface area contributed by atoms with Crippen molar-refractivity contribution >= 4 is 22.3 Å². The molecule has 0 atom stereocenters. The molecule has 0 spiro atoms. The van der Waals surface area contributed by atoms with E-state index in [0.29, 0.717) is 6.54 Å². The zero-order valence-corrected chi connectivity index (χ0v) is 12.7. The van der Waals surface area contributed by atoms with Gasteiger partial charge in [0, 0.05) is 50.3 Å². The van der Waals surface area contributed by atoms with E-state index in [2.05, 4.69) is 37.6 Å². The average Bonchev–Trinajstić information content (AvgIpc) is 3.18. The second-order valence-electron chi connectivity index (χ2n) is 4.60. The molecule has 6 nitrogen and oxygen atoms in total. The van der Waals surface area contributed by atoms with E-state index >= 15 is 0 Å². The first-order valence-electron chi connectivity index (χ1n) is 6.81. The number of nitrogens with zero attached hydrogens (tertiary/aromatic N) is 4. The van der Waals surface area contributed by atoms with Gasteiger partial charge in [-0.1, -0.05) is 0 Å². The molecule has 3 aromatic heterocycles. The maximum absolute atomic E-state index is 4.53. The van der Waals surface area contributed by atoms with Crippen LogP contribution in [0, 0.1) is 0 Å². The number of guanidine groups is 1. The maximum Gasteiger partial charge on any atom is 0.193 e. The van der Waals surface area contributed by atoms with Gasteiger partial charge < -0.3 is 15.2 Å². The third kappa shape index (κ3) is 3.43. The van der Waals surface area contributed by atoms with Gasteiger partial charge in [-0.2, -0.15) is 0 Å². The van der Waals surface area contributed by atoms with Gasteiger partial charge in [0.05, 0.1) is 12.2 Å². The topological polar surface area (TPSA) is 58.7 Å². The molecule has 0 aliphatic heterocycles. The third-order valence-electron chi connectivity index (χ3n) is 3.13. The molecular weight excluding hydrogens is 284 g/mol. The van der Waals surface area contributed by atoms with E-state index in [0.717, 1.165) is 29.7 Å². The Bertz CT molecular complexity index is 680. The summed E-state index contributed by atoms with van der Waals surface area (Å²) in [7, 11) is 1.77. The van der Waals surface area contributed by atoms with Gasteiger partial charge in [-0.15, -0.1) is 11.3 Å². The monoisotopic (exact) mass is 302 g/mol. The van der Waals surface area contributed by atoms with Gasteiger partial charge in [-0.25, -0.2) is 4.98 Å². The molecule has 0 unspecified atom stereocenters. The molecule has 110 valence electrons. The number of nitrogens with one attached hydrogen (secondary N) is 2. The summed E-state index contributed by atoms with van der Waals surface area (Å²) in [5.41, 5.74) is 1.01. The Hall–Kier alpha value is -2.28. The minimum atomic E-state index is 0.664. The van der Waals surface area contributed by atoms with E-state index in [1.165, 1.54) is 0 Å². The lowest BCUT2D eigenvalue weighted by atomic mass is 10.5. The molecule has 2 N–H and O–H groups in total. The summed E-state index contributed by atoms with van der Waals surface area (Å²) in [5.74, 6) is 0.790. The summed E-state index contributed by atoms with van der Waals surface area (Å²) in [6.07, 6.45) is 8.15. The van der Waals surface area contributed by atoms with Crippen molar-refractivity contribution in [2.75, 3.05) is 13.6 Å². The molecule has 7 heteroatoms. The highest BCUT2D eigenvalue weighted by Crippen LogP contribution is 2.10. The largest absolute Gasteiger partial charge is 0.355 e. The minimum absolute atomic E-state index is 0.664. The molecule has 3 rings (SSSR count). The van der Waals surface area contributed by atoms with Crippen molar-refractivity contribution in [2.24, 2.45) is 4.99 Å². The first-order chi connectivity index (χ1) is 10.3. The number of hydrogen-bond acceptors (Lipinski definition) is 3. The highest BCUT2D eigenvalue weighted by Gasteiger charge is 2.03. The standard InChI is InChI=1S/C14H18N6S/c1-15-13(16-4-7-19-5-2-3-6-19)17-10-12-11-20-8-9-21-14(20)18-12/h2-3,5-6,8-9,11H,4,7,10H2,1H3,(H2,15,16,17). The molecule has 3 aromatic rings. The fourth-order valence-electron chi connectivity index (χ4n) is 2.08. The highest BCUT2D eigenvalue weighted by molar-refractivity contribution is 7.15. The zero-order chi connectivity index (χ0) is 14.5. The summed E-state index contributed by atoms with van der Waals surface area (Å²) < 4.78 is 4.16. The average molecular weight is 302 g/mol. The number of thiazole rings is 1. The van der Waals surface area contributed by atoms with Crippen LogP contribution in [0.3, 0.4) is 0 Å². The van der Waals surface area contributed by atoms with Gasteiger partial charge in [0.25, 0.3) is 0 Å². The van der Waals surface area contributed by atoms with Crippen molar-refractivity contribution in [3.05, 3.63) is 48.0 Å². The predicted octanol–water partition coefficient (Wildman–Crippen LogP) is 1.56. The third-order valence-corrected chi connectivity index (χ3v) is 3.90. The van der Waals surface area contributed by atoms with Crippen LogP contribution in [0.2, 0.25) is 0 Å². The first kappa shape index (κ1) is 13.7. The normalized spacial score (nSPS) is 12.0. The lowest BCUT2D eigenvalue weighted by Crippen LogP contribution is -2.38. The van der Waals surface area contributed by atoms with Crippen LogP contribution in [0.25, 0.3) is 4.96 Å². The van der Waals surface area contributed by atoms with Crippen LogP contribution in [0.4, 0.5) is 0 Å². The molecule has 0 radical (unpaired) electrons. The van der Waals surface area contributed by atoms with Crippen LogP contribution >= 0.6 is 11.3 Å². The summed E-state index contributed by atoms with van der Waals surface area (Å²) in [5, 5.41) is 8.60. The molecule has 0 aromatic carbocycles. The number of fused-ring (bicyclic) bond motifs is 1. The smallest absolute Gasteiger partial charge is 0.193 e. The Balaban J connectivity index is 1.47. The van der Waals surface area contributed by atoms with Crippen LogP contribution in [0.1, 0.15) is 5.69 Å². The summed E-state index contributed by atoms with van der Waals surface area (Å²) in [4.78, 5) is 9.76. The quantitative estimate of drug-likeness (QED) is 0.555. The van der Waals surface area contributed by atoms with Gasteiger partial charge >= 0.3 is 0 Å². The van der Waals surface area contributed by atoms with E-state index < -0.39 is 0 Å². The van der Waals surface area contributed by atoms with Crippen molar-refractivity contribution in [1.82, 2.24) is 24.6 Å². The Labute approximate surface area is 127 Å². The fraction of sp³-hybridized carbons (Fsp3) is 0.286. The predicted molar refractivity (Wildman–Crippen MR) is 85.7 cm³/mol. The molecule has 0 aliphatic rings. The van der Waals surface area contributed by atoms with Crippen LogP contribution < -0.4 is 10.6 Å². The lowest BCUT2D eigenvalue weighted by molar-refractivity contribution is 0.664. The van der Waals surface area contributed by atoms with Gasteiger partial charge in [-0.05, 0) is 12.1 Å². The van der Waals surface area contributed by atoms with Crippen LogP contribution in [-0.4, -0.2) is 33.5 Å². The summed E-state index contributed by atoms with van der Waals surface area (Å²) >= 11 is 1.64. The van der Waals surface area contributed by atoms with Gasteiger partial charge in [0.2, 0.25) is 0 Å². The maximum atomic E-state index is 4.53. The molecular formula is C14H18N6S. The number of imidazole rings is 1. The van der Waals surface area contributed by atoms with Crippen molar-refractivity contribution in [3.8, 4) is 0 Å². The lowest BCUT2D eigenvalue weighted by Gasteiger charge is -2.11. The fourth-order valence-corrected chi connectivity index (χ4v) is 2.80. The van der Waals surface area contributed by atoms with Gasteiger partial charge in [-0.3, -0.25) is 9.39 Å².